The summed E-state index contributed by atoms with van der Waals surface area (Å²) >= 11 is 1.28. The van der Waals surface area contributed by atoms with E-state index >= 15 is 0 Å². The van der Waals surface area contributed by atoms with Gasteiger partial charge in [-0.25, -0.2) is 4.98 Å². The van der Waals surface area contributed by atoms with Gasteiger partial charge in [0.1, 0.15) is 12.2 Å². The average Bonchev–Trinajstić information content (AvgIpc) is 3.04. The molecule has 7 heteroatoms. The lowest BCUT2D eigenvalue weighted by molar-refractivity contribution is -0.137. The van der Waals surface area contributed by atoms with E-state index in [-0.39, 0.29) is 18.1 Å². The SMILES string of the molecule is CCN(CC(=O)O)C(=O)c1csc(-c2ccco2)n1. The van der Waals surface area contributed by atoms with Crippen LogP contribution in [0.1, 0.15) is 17.4 Å². The number of carbonyl (C=O) groups is 2. The van der Waals surface area contributed by atoms with Crippen molar-refractivity contribution in [1.29, 1.82) is 0 Å². The van der Waals surface area contributed by atoms with Crippen LogP contribution in [0, 0.1) is 0 Å². The quantitative estimate of drug-likeness (QED) is 0.905. The van der Waals surface area contributed by atoms with Crippen LogP contribution in [-0.4, -0.2) is 40.0 Å². The second kappa shape index (κ2) is 5.66. The average molecular weight is 280 g/mol. The molecule has 0 saturated heterocycles. The number of carboxylic acids is 1. The van der Waals surface area contributed by atoms with Gasteiger partial charge in [-0.3, -0.25) is 9.59 Å². The molecule has 2 rings (SSSR count). The van der Waals surface area contributed by atoms with Crippen molar-refractivity contribution >= 4 is 23.2 Å². The summed E-state index contributed by atoms with van der Waals surface area (Å²) < 4.78 is 5.19. The monoisotopic (exact) mass is 280 g/mol. The number of furan rings is 1. The highest BCUT2D eigenvalue weighted by Crippen LogP contribution is 2.24. The molecule has 0 saturated carbocycles. The molecular formula is C12H12N2O4S. The summed E-state index contributed by atoms with van der Waals surface area (Å²) in [6.07, 6.45) is 1.53. The maximum Gasteiger partial charge on any atom is 0.323 e. The molecule has 2 aromatic rings. The molecular weight excluding hydrogens is 268 g/mol. The Bertz CT molecular complexity index is 576. The smallest absolute Gasteiger partial charge is 0.323 e. The van der Waals surface area contributed by atoms with Gasteiger partial charge in [-0.1, -0.05) is 0 Å². The number of carboxylic acid groups (broad SMARTS) is 1. The Kier molecular flexibility index (Phi) is 3.96. The van der Waals surface area contributed by atoms with Gasteiger partial charge < -0.3 is 14.4 Å². The molecule has 1 amide bonds. The zero-order chi connectivity index (χ0) is 13.8. The number of likely N-dealkylation sites (N-methyl/N-ethyl adjacent to an activating group) is 1. The van der Waals surface area contributed by atoms with Crippen LogP contribution >= 0.6 is 11.3 Å². The molecule has 0 aliphatic heterocycles. The summed E-state index contributed by atoms with van der Waals surface area (Å²) in [5, 5.41) is 10.9. The van der Waals surface area contributed by atoms with E-state index in [9.17, 15) is 9.59 Å². The number of thiazole rings is 1. The van der Waals surface area contributed by atoms with Crippen LogP contribution in [0.5, 0.6) is 0 Å². The molecule has 2 aromatic heterocycles. The standard InChI is InChI=1S/C12H12N2O4S/c1-2-14(6-10(15)16)12(17)8-7-19-11(13-8)9-4-3-5-18-9/h3-5,7H,2,6H2,1H3,(H,15,16). The number of rotatable bonds is 5. The minimum atomic E-state index is -1.04. The third-order valence-corrected chi connectivity index (χ3v) is 3.31. The van der Waals surface area contributed by atoms with Crippen LogP contribution in [0.4, 0.5) is 0 Å². The largest absolute Gasteiger partial charge is 0.480 e. The Balaban J connectivity index is 2.17. The van der Waals surface area contributed by atoms with E-state index in [1.807, 2.05) is 0 Å². The van der Waals surface area contributed by atoms with Crippen molar-refractivity contribution in [1.82, 2.24) is 9.88 Å². The van der Waals surface area contributed by atoms with Crippen LogP contribution in [0.15, 0.2) is 28.2 Å². The predicted octanol–water partition coefficient (Wildman–Crippen LogP) is 1.95. The highest BCUT2D eigenvalue weighted by atomic mass is 32.1. The van der Waals surface area contributed by atoms with Crippen molar-refractivity contribution < 1.29 is 19.1 Å². The fourth-order valence-electron chi connectivity index (χ4n) is 1.54. The highest BCUT2D eigenvalue weighted by molar-refractivity contribution is 7.13. The van der Waals surface area contributed by atoms with Crippen LogP contribution in [0.3, 0.4) is 0 Å². The molecule has 19 heavy (non-hydrogen) atoms. The molecule has 6 nitrogen and oxygen atoms in total. The molecule has 0 spiro atoms. The molecule has 0 radical (unpaired) electrons. The van der Waals surface area contributed by atoms with E-state index in [2.05, 4.69) is 4.98 Å². The summed E-state index contributed by atoms with van der Waals surface area (Å²) in [7, 11) is 0. The van der Waals surface area contributed by atoms with Crippen molar-refractivity contribution in [2.75, 3.05) is 13.1 Å². The number of carbonyl (C=O) groups excluding carboxylic acids is 1. The third-order valence-electron chi connectivity index (χ3n) is 2.45. The summed E-state index contributed by atoms with van der Waals surface area (Å²) in [4.78, 5) is 28.1. The van der Waals surface area contributed by atoms with Crippen LogP contribution in [0.2, 0.25) is 0 Å². The first-order chi connectivity index (χ1) is 9.11. The zero-order valence-corrected chi connectivity index (χ0v) is 11.0. The summed E-state index contributed by atoms with van der Waals surface area (Å²) in [5.41, 5.74) is 0.236. The zero-order valence-electron chi connectivity index (χ0n) is 10.2. The molecule has 0 atom stereocenters. The van der Waals surface area contributed by atoms with E-state index in [0.717, 1.165) is 0 Å². The van der Waals surface area contributed by atoms with Gasteiger partial charge in [0.2, 0.25) is 0 Å². The van der Waals surface area contributed by atoms with Gasteiger partial charge in [0.05, 0.1) is 6.26 Å². The number of aromatic nitrogens is 1. The first-order valence-corrected chi connectivity index (χ1v) is 6.50. The predicted molar refractivity (Wildman–Crippen MR) is 69.0 cm³/mol. The minimum absolute atomic E-state index is 0.236. The highest BCUT2D eigenvalue weighted by Gasteiger charge is 2.20. The molecule has 0 aromatic carbocycles. The summed E-state index contributed by atoms with van der Waals surface area (Å²) in [6.45, 7) is 1.71. The third kappa shape index (κ3) is 3.00. The van der Waals surface area contributed by atoms with Gasteiger partial charge in [-0.15, -0.1) is 11.3 Å². The summed E-state index contributed by atoms with van der Waals surface area (Å²) in [6, 6.07) is 3.49. The Morgan fingerprint density at radius 3 is 2.89 bits per heavy atom. The topological polar surface area (TPSA) is 83.6 Å². The molecule has 0 aliphatic rings. The first kappa shape index (κ1) is 13.3. The van der Waals surface area contributed by atoms with Gasteiger partial charge >= 0.3 is 5.97 Å². The van der Waals surface area contributed by atoms with E-state index in [1.54, 1.807) is 24.4 Å². The molecule has 1 N–H and O–H groups in total. The van der Waals surface area contributed by atoms with E-state index in [0.29, 0.717) is 17.3 Å². The molecule has 0 bridgehead atoms. The second-order valence-corrected chi connectivity index (χ2v) is 4.59. The Labute approximate surface area is 113 Å². The first-order valence-electron chi connectivity index (χ1n) is 5.62. The lowest BCUT2D eigenvalue weighted by Crippen LogP contribution is -2.35. The van der Waals surface area contributed by atoms with Gasteiger partial charge in [0.15, 0.2) is 10.8 Å². The van der Waals surface area contributed by atoms with Crippen molar-refractivity contribution in [3.8, 4) is 10.8 Å². The van der Waals surface area contributed by atoms with Crippen molar-refractivity contribution in [2.24, 2.45) is 0 Å². The molecule has 100 valence electrons. The van der Waals surface area contributed by atoms with E-state index in [4.69, 9.17) is 9.52 Å². The van der Waals surface area contributed by atoms with E-state index < -0.39 is 5.97 Å². The Morgan fingerprint density at radius 1 is 1.53 bits per heavy atom. The van der Waals surface area contributed by atoms with Crippen LogP contribution in [-0.2, 0) is 4.79 Å². The number of hydrogen-bond donors (Lipinski definition) is 1. The lowest BCUT2D eigenvalue weighted by Gasteiger charge is -2.16. The number of hydrogen-bond acceptors (Lipinski definition) is 5. The maximum absolute atomic E-state index is 12.1. The minimum Gasteiger partial charge on any atom is -0.480 e. The number of aliphatic carboxylic acids is 1. The second-order valence-electron chi connectivity index (χ2n) is 3.73. The summed E-state index contributed by atoms with van der Waals surface area (Å²) in [5.74, 6) is -0.846. The van der Waals surface area contributed by atoms with Crippen molar-refractivity contribution in [3.05, 3.63) is 29.5 Å². The maximum atomic E-state index is 12.1. The molecule has 2 heterocycles. The molecule has 0 fully saturated rings. The molecule has 0 unspecified atom stereocenters. The Morgan fingerprint density at radius 2 is 2.32 bits per heavy atom. The van der Waals surface area contributed by atoms with Gasteiger partial charge in [0, 0.05) is 11.9 Å². The fraction of sp³-hybridized carbons (Fsp3) is 0.250. The van der Waals surface area contributed by atoms with Crippen molar-refractivity contribution in [2.45, 2.75) is 6.92 Å². The van der Waals surface area contributed by atoms with Crippen LogP contribution in [0.25, 0.3) is 10.8 Å². The normalized spacial score (nSPS) is 10.4. The lowest BCUT2D eigenvalue weighted by atomic mass is 10.3. The van der Waals surface area contributed by atoms with Crippen molar-refractivity contribution in [3.63, 3.8) is 0 Å². The Hall–Kier alpha value is -2.15. The van der Waals surface area contributed by atoms with Gasteiger partial charge in [-0.2, -0.15) is 0 Å². The number of amides is 1. The fourth-order valence-corrected chi connectivity index (χ4v) is 2.30. The molecule has 0 aliphatic carbocycles. The van der Waals surface area contributed by atoms with E-state index in [1.165, 1.54) is 22.5 Å². The van der Waals surface area contributed by atoms with Gasteiger partial charge in [0.25, 0.3) is 5.91 Å². The van der Waals surface area contributed by atoms with Crippen LogP contribution < -0.4 is 0 Å². The van der Waals surface area contributed by atoms with Gasteiger partial charge in [-0.05, 0) is 19.1 Å². The number of nitrogens with zero attached hydrogens (tertiary/aromatic N) is 2.